The van der Waals surface area contributed by atoms with Gasteiger partial charge in [-0.3, -0.25) is 4.55 Å². The first-order chi connectivity index (χ1) is 15.0. The lowest BCUT2D eigenvalue weighted by Crippen LogP contribution is -2.19. The van der Waals surface area contributed by atoms with Crippen LogP contribution >= 0.6 is 0 Å². The first kappa shape index (κ1) is 30.8. The number of ether oxygens (including phenoxy) is 3. The minimum absolute atomic E-state index is 0.0120. The summed E-state index contributed by atoms with van der Waals surface area (Å²) in [5, 5.41) is 0. The predicted octanol–water partition coefficient (Wildman–Crippen LogP) is 6.53. The Labute approximate surface area is 192 Å². The summed E-state index contributed by atoms with van der Waals surface area (Å²) in [7, 11) is -4.06. The zero-order chi connectivity index (χ0) is 23.0. The molecule has 0 aliphatic heterocycles. The standard InChI is InChI=1S/C24H50O6S/c1-3-4-5-6-7-8-9-10-11-12-13-14-15-16-17-18-19-30-24(2)22-28-20-21-29-23-31(25,26)27/h24H,3-23H2,1-2H3,(H,25,26,27). The first-order valence-electron chi connectivity index (χ1n) is 12.7. The van der Waals surface area contributed by atoms with Crippen LogP contribution in [-0.2, 0) is 24.3 Å². The van der Waals surface area contributed by atoms with Gasteiger partial charge in [0.15, 0.2) is 5.94 Å². The predicted molar refractivity (Wildman–Crippen MR) is 128 cm³/mol. The van der Waals surface area contributed by atoms with Crippen LogP contribution in [0.1, 0.15) is 117 Å². The Morgan fingerprint density at radius 1 is 0.645 bits per heavy atom. The summed E-state index contributed by atoms with van der Waals surface area (Å²) in [5.41, 5.74) is 0. The van der Waals surface area contributed by atoms with Crippen molar-refractivity contribution in [1.82, 2.24) is 0 Å². The largest absolute Gasteiger partial charge is 0.376 e. The SMILES string of the molecule is CCCCCCCCCCCCCCCCCCOC(C)COCCOCS(=O)(=O)O. The normalized spacial score (nSPS) is 13.0. The molecule has 1 N–H and O–H groups in total. The lowest BCUT2D eigenvalue weighted by atomic mass is 10.0. The van der Waals surface area contributed by atoms with E-state index in [9.17, 15) is 8.42 Å². The van der Waals surface area contributed by atoms with E-state index in [4.69, 9.17) is 18.8 Å². The van der Waals surface area contributed by atoms with Crippen molar-refractivity contribution >= 4 is 10.1 Å². The lowest BCUT2D eigenvalue weighted by molar-refractivity contribution is -0.0211. The molecule has 0 radical (unpaired) electrons. The molecule has 1 atom stereocenters. The zero-order valence-electron chi connectivity index (χ0n) is 20.3. The highest BCUT2D eigenvalue weighted by Crippen LogP contribution is 2.13. The van der Waals surface area contributed by atoms with E-state index in [1.165, 1.54) is 96.3 Å². The summed E-state index contributed by atoms with van der Waals surface area (Å²) in [6, 6.07) is 0. The van der Waals surface area contributed by atoms with E-state index in [1.54, 1.807) is 0 Å². The van der Waals surface area contributed by atoms with Crippen LogP contribution in [0.3, 0.4) is 0 Å². The zero-order valence-corrected chi connectivity index (χ0v) is 21.1. The van der Waals surface area contributed by atoms with Gasteiger partial charge in [-0.05, 0) is 13.3 Å². The van der Waals surface area contributed by atoms with Gasteiger partial charge in [0.05, 0.1) is 25.9 Å². The smallest absolute Gasteiger partial charge is 0.289 e. The molecule has 188 valence electrons. The van der Waals surface area contributed by atoms with E-state index in [0.29, 0.717) is 6.61 Å². The van der Waals surface area contributed by atoms with Gasteiger partial charge < -0.3 is 14.2 Å². The highest BCUT2D eigenvalue weighted by molar-refractivity contribution is 7.85. The molecule has 0 rings (SSSR count). The van der Waals surface area contributed by atoms with Crippen LogP contribution in [0.2, 0.25) is 0 Å². The van der Waals surface area contributed by atoms with Gasteiger partial charge in [0, 0.05) is 6.61 Å². The second-order valence-electron chi connectivity index (χ2n) is 8.67. The molecule has 0 saturated heterocycles. The molecule has 0 fully saturated rings. The molecule has 6 nitrogen and oxygen atoms in total. The Balaban J connectivity index is 3.17. The Bertz CT molecular complexity index is 455. The Kier molecular flexibility index (Phi) is 22.8. The highest BCUT2D eigenvalue weighted by Gasteiger charge is 2.05. The van der Waals surface area contributed by atoms with Crippen molar-refractivity contribution in [2.75, 3.05) is 32.4 Å². The van der Waals surface area contributed by atoms with Gasteiger partial charge in [0.25, 0.3) is 10.1 Å². The maximum absolute atomic E-state index is 10.5. The van der Waals surface area contributed by atoms with Crippen LogP contribution in [0, 0.1) is 0 Å². The van der Waals surface area contributed by atoms with Crippen molar-refractivity contribution in [2.45, 2.75) is 123 Å². The fourth-order valence-corrected chi connectivity index (χ4v) is 3.84. The maximum atomic E-state index is 10.5. The topological polar surface area (TPSA) is 82.1 Å². The fourth-order valence-electron chi connectivity index (χ4n) is 3.51. The van der Waals surface area contributed by atoms with Crippen molar-refractivity contribution in [1.29, 1.82) is 0 Å². The third-order valence-corrected chi connectivity index (χ3v) is 5.82. The van der Waals surface area contributed by atoms with E-state index < -0.39 is 16.1 Å². The quantitative estimate of drug-likeness (QED) is 0.122. The molecule has 0 aliphatic rings. The number of hydrogen-bond donors (Lipinski definition) is 1. The van der Waals surface area contributed by atoms with Gasteiger partial charge in [-0.15, -0.1) is 0 Å². The summed E-state index contributed by atoms with van der Waals surface area (Å²) >= 11 is 0. The van der Waals surface area contributed by atoms with Gasteiger partial charge in [0.2, 0.25) is 0 Å². The van der Waals surface area contributed by atoms with E-state index in [0.717, 1.165) is 13.0 Å². The van der Waals surface area contributed by atoms with Crippen LogP contribution in [0.4, 0.5) is 0 Å². The molecule has 0 saturated carbocycles. The summed E-state index contributed by atoms with van der Waals surface area (Å²) in [6.07, 6.45) is 21.8. The monoisotopic (exact) mass is 466 g/mol. The number of rotatable bonds is 25. The molecule has 7 heteroatoms. The van der Waals surface area contributed by atoms with Crippen molar-refractivity contribution in [3.05, 3.63) is 0 Å². The molecule has 1 unspecified atom stereocenters. The maximum Gasteiger partial charge on any atom is 0.289 e. The van der Waals surface area contributed by atoms with Crippen LogP contribution in [-0.4, -0.2) is 51.4 Å². The van der Waals surface area contributed by atoms with E-state index in [1.807, 2.05) is 6.92 Å². The lowest BCUT2D eigenvalue weighted by Gasteiger charge is -2.13. The molecule has 0 heterocycles. The second-order valence-corrected chi connectivity index (χ2v) is 10.1. The Morgan fingerprint density at radius 2 is 1.06 bits per heavy atom. The summed E-state index contributed by atoms with van der Waals surface area (Å²) in [4.78, 5) is 0. The van der Waals surface area contributed by atoms with Crippen molar-refractivity contribution in [3.63, 3.8) is 0 Å². The average molecular weight is 467 g/mol. The molecule has 0 aliphatic carbocycles. The summed E-state index contributed by atoms with van der Waals surface area (Å²) in [6.45, 7) is 5.85. The third kappa shape index (κ3) is 27.8. The first-order valence-corrected chi connectivity index (χ1v) is 14.3. The molecule has 0 bridgehead atoms. The van der Waals surface area contributed by atoms with E-state index in [-0.39, 0.29) is 19.3 Å². The molecule has 0 spiro atoms. The third-order valence-electron chi connectivity index (χ3n) is 5.36. The molecule has 0 aromatic rings. The van der Waals surface area contributed by atoms with Gasteiger partial charge in [-0.2, -0.15) is 8.42 Å². The van der Waals surface area contributed by atoms with E-state index >= 15 is 0 Å². The number of unbranched alkanes of at least 4 members (excludes halogenated alkanes) is 15. The van der Waals surface area contributed by atoms with Crippen molar-refractivity contribution < 1.29 is 27.2 Å². The van der Waals surface area contributed by atoms with Crippen LogP contribution in [0.5, 0.6) is 0 Å². The minimum atomic E-state index is -4.06. The average Bonchev–Trinajstić information content (AvgIpc) is 2.72. The highest BCUT2D eigenvalue weighted by atomic mass is 32.2. The fraction of sp³-hybridized carbons (Fsp3) is 1.00. The summed E-state index contributed by atoms with van der Waals surface area (Å²) < 4.78 is 45.3. The van der Waals surface area contributed by atoms with Gasteiger partial charge in [-0.1, -0.05) is 103 Å². The van der Waals surface area contributed by atoms with Crippen LogP contribution < -0.4 is 0 Å². The van der Waals surface area contributed by atoms with E-state index in [2.05, 4.69) is 6.92 Å². The molecule has 0 amide bonds. The molecule has 0 aromatic heterocycles. The Morgan fingerprint density at radius 3 is 1.52 bits per heavy atom. The minimum Gasteiger partial charge on any atom is -0.376 e. The molecule has 31 heavy (non-hydrogen) atoms. The summed E-state index contributed by atoms with van der Waals surface area (Å²) in [5.74, 6) is -0.693. The Hall–Kier alpha value is -0.210. The van der Waals surface area contributed by atoms with Gasteiger partial charge in [-0.25, -0.2) is 0 Å². The number of hydrogen-bond acceptors (Lipinski definition) is 5. The van der Waals surface area contributed by atoms with Gasteiger partial charge >= 0.3 is 0 Å². The van der Waals surface area contributed by atoms with Crippen LogP contribution in [0.25, 0.3) is 0 Å². The van der Waals surface area contributed by atoms with Crippen LogP contribution in [0.15, 0.2) is 0 Å². The molecular weight excluding hydrogens is 416 g/mol. The second kappa shape index (κ2) is 23.0. The van der Waals surface area contributed by atoms with Crippen molar-refractivity contribution in [2.24, 2.45) is 0 Å². The van der Waals surface area contributed by atoms with Crippen molar-refractivity contribution in [3.8, 4) is 0 Å². The van der Waals surface area contributed by atoms with Gasteiger partial charge in [0.1, 0.15) is 0 Å². The molecule has 0 aromatic carbocycles. The molecular formula is C24H50O6S.